The Morgan fingerprint density at radius 3 is 2.58 bits per heavy atom. The van der Waals surface area contributed by atoms with Crippen molar-refractivity contribution >= 4 is 5.91 Å². The SMILES string of the molecule is O=C(c1ccc(F)cc1-n1nccn1)N1CCCC(Oc2ccc(C(F)(F)F)cn2)C1. The minimum Gasteiger partial charge on any atom is -0.472 e. The van der Waals surface area contributed by atoms with E-state index in [2.05, 4.69) is 15.2 Å². The topological polar surface area (TPSA) is 73.1 Å². The van der Waals surface area contributed by atoms with Gasteiger partial charge < -0.3 is 9.64 Å². The molecule has 2 aromatic heterocycles. The van der Waals surface area contributed by atoms with Gasteiger partial charge in [-0.15, -0.1) is 0 Å². The number of pyridine rings is 1. The number of aromatic nitrogens is 4. The molecule has 11 heteroatoms. The summed E-state index contributed by atoms with van der Waals surface area (Å²) < 4.78 is 57.5. The number of piperidine rings is 1. The number of benzene rings is 1. The standard InChI is InChI=1S/C20H17F4N5O2/c21-14-4-5-16(17(10-14)29-26-7-8-27-29)19(30)28-9-1-2-15(12-28)31-18-6-3-13(11-25-18)20(22,23)24/h3-8,10-11,15H,1-2,9,12H2. The van der Waals surface area contributed by atoms with E-state index in [9.17, 15) is 22.4 Å². The van der Waals surface area contributed by atoms with Gasteiger partial charge in [-0.05, 0) is 31.0 Å². The second-order valence-electron chi connectivity index (χ2n) is 7.00. The summed E-state index contributed by atoms with van der Waals surface area (Å²) in [6, 6.07) is 5.79. The van der Waals surface area contributed by atoms with Gasteiger partial charge in [0, 0.05) is 24.9 Å². The lowest BCUT2D eigenvalue weighted by Gasteiger charge is -2.33. The highest BCUT2D eigenvalue weighted by Crippen LogP contribution is 2.29. The maximum Gasteiger partial charge on any atom is 0.417 e. The van der Waals surface area contributed by atoms with E-state index in [1.165, 1.54) is 35.4 Å². The van der Waals surface area contributed by atoms with Gasteiger partial charge in [-0.3, -0.25) is 4.79 Å². The molecule has 1 aliphatic heterocycles. The van der Waals surface area contributed by atoms with Gasteiger partial charge in [0.1, 0.15) is 17.6 Å². The Hall–Kier alpha value is -3.50. The number of likely N-dealkylation sites (tertiary alicyclic amines) is 1. The van der Waals surface area contributed by atoms with Crippen molar-refractivity contribution in [2.75, 3.05) is 13.1 Å². The smallest absolute Gasteiger partial charge is 0.417 e. The molecule has 4 rings (SSSR count). The number of hydrogen-bond acceptors (Lipinski definition) is 5. The predicted molar refractivity (Wildman–Crippen MR) is 100 cm³/mol. The number of rotatable bonds is 4. The van der Waals surface area contributed by atoms with Crippen LogP contribution < -0.4 is 4.74 Å². The largest absolute Gasteiger partial charge is 0.472 e. The van der Waals surface area contributed by atoms with E-state index in [1.54, 1.807) is 4.90 Å². The zero-order valence-electron chi connectivity index (χ0n) is 16.1. The fraction of sp³-hybridized carbons (Fsp3) is 0.300. The molecule has 31 heavy (non-hydrogen) atoms. The van der Waals surface area contributed by atoms with Crippen molar-refractivity contribution in [2.45, 2.75) is 25.1 Å². The summed E-state index contributed by atoms with van der Waals surface area (Å²) in [5.41, 5.74) is -0.426. The van der Waals surface area contributed by atoms with Gasteiger partial charge >= 0.3 is 6.18 Å². The van der Waals surface area contributed by atoms with E-state index in [1.807, 2.05) is 0 Å². The minimum absolute atomic E-state index is 0.0514. The van der Waals surface area contributed by atoms with Crippen molar-refractivity contribution in [1.29, 1.82) is 0 Å². The van der Waals surface area contributed by atoms with Gasteiger partial charge in [0.15, 0.2) is 0 Å². The van der Waals surface area contributed by atoms with Gasteiger partial charge in [0.2, 0.25) is 5.88 Å². The van der Waals surface area contributed by atoms with Crippen molar-refractivity contribution in [3.05, 3.63) is 65.9 Å². The first-order valence-electron chi connectivity index (χ1n) is 9.46. The molecular formula is C20H17F4N5O2. The molecule has 0 aliphatic carbocycles. The number of alkyl halides is 3. The molecule has 1 aromatic carbocycles. The summed E-state index contributed by atoms with van der Waals surface area (Å²) in [4.78, 5) is 19.6. The number of hydrogen-bond donors (Lipinski definition) is 0. The van der Waals surface area contributed by atoms with Crippen LogP contribution >= 0.6 is 0 Å². The summed E-state index contributed by atoms with van der Waals surface area (Å²) in [6.07, 6.45) is -0.119. The maximum atomic E-state index is 13.8. The molecule has 3 aromatic rings. The molecule has 1 amide bonds. The molecule has 1 saturated heterocycles. The van der Waals surface area contributed by atoms with E-state index < -0.39 is 23.7 Å². The molecule has 7 nitrogen and oxygen atoms in total. The predicted octanol–water partition coefficient (Wildman–Crippen LogP) is 3.50. The van der Waals surface area contributed by atoms with Gasteiger partial charge in [0.05, 0.1) is 30.1 Å². The third kappa shape index (κ3) is 4.65. The zero-order chi connectivity index (χ0) is 22.0. The highest BCUT2D eigenvalue weighted by atomic mass is 19.4. The Morgan fingerprint density at radius 2 is 1.90 bits per heavy atom. The van der Waals surface area contributed by atoms with E-state index in [4.69, 9.17) is 4.74 Å². The van der Waals surface area contributed by atoms with Crippen molar-refractivity contribution < 1.29 is 27.1 Å². The Morgan fingerprint density at radius 1 is 1.13 bits per heavy atom. The molecule has 3 heterocycles. The zero-order valence-corrected chi connectivity index (χ0v) is 16.1. The number of carbonyl (C=O) groups is 1. The van der Waals surface area contributed by atoms with E-state index in [0.717, 1.165) is 12.1 Å². The second-order valence-corrected chi connectivity index (χ2v) is 7.00. The number of amides is 1. The molecule has 0 N–H and O–H groups in total. The molecule has 1 atom stereocenters. The molecule has 1 aliphatic rings. The summed E-state index contributed by atoms with van der Waals surface area (Å²) >= 11 is 0. The molecule has 0 bridgehead atoms. The summed E-state index contributed by atoms with van der Waals surface area (Å²) in [6.45, 7) is 0.674. The lowest BCUT2D eigenvalue weighted by atomic mass is 10.1. The molecule has 0 radical (unpaired) electrons. The van der Waals surface area contributed by atoms with Gasteiger partial charge in [0.25, 0.3) is 5.91 Å². The van der Waals surface area contributed by atoms with Crippen LogP contribution in [0.3, 0.4) is 0 Å². The molecular weight excluding hydrogens is 418 g/mol. The minimum atomic E-state index is -4.48. The fourth-order valence-corrected chi connectivity index (χ4v) is 3.37. The van der Waals surface area contributed by atoms with E-state index >= 15 is 0 Å². The average molecular weight is 435 g/mol. The Labute approximate surface area is 174 Å². The van der Waals surface area contributed by atoms with Crippen molar-refractivity contribution in [1.82, 2.24) is 24.9 Å². The van der Waals surface area contributed by atoms with E-state index in [0.29, 0.717) is 25.6 Å². The number of ether oxygens (including phenoxy) is 1. The molecule has 0 spiro atoms. The quantitative estimate of drug-likeness (QED) is 0.587. The molecule has 162 valence electrons. The summed E-state index contributed by atoms with van der Waals surface area (Å²) in [5.74, 6) is -0.825. The summed E-state index contributed by atoms with van der Waals surface area (Å²) in [5, 5.41) is 7.93. The van der Waals surface area contributed by atoms with Crippen LogP contribution in [0.2, 0.25) is 0 Å². The van der Waals surface area contributed by atoms with Gasteiger partial charge in [-0.2, -0.15) is 28.2 Å². The van der Waals surface area contributed by atoms with Crippen molar-refractivity contribution in [3.8, 4) is 11.6 Å². The van der Waals surface area contributed by atoms with Crippen LogP contribution in [0.5, 0.6) is 5.88 Å². The van der Waals surface area contributed by atoms with Crippen molar-refractivity contribution in [2.24, 2.45) is 0 Å². The Balaban J connectivity index is 1.49. The molecule has 0 saturated carbocycles. The number of nitrogens with zero attached hydrogens (tertiary/aromatic N) is 5. The number of halogens is 4. The Kier molecular flexibility index (Phi) is 5.57. The normalized spacial score (nSPS) is 16.9. The third-order valence-electron chi connectivity index (χ3n) is 4.84. The highest BCUT2D eigenvalue weighted by molar-refractivity contribution is 5.97. The lowest BCUT2D eigenvalue weighted by Crippen LogP contribution is -2.44. The van der Waals surface area contributed by atoms with Crippen LogP contribution in [0.25, 0.3) is 5.69 Å². The molecule has 1 fully saturated rings. The van der Waals surface area contributed by atoms with Crippen LogP contribution in [0, 0.1) is 5.82 Å². The van der Waals surface area contributed by atoms with Crippen molar-refractivity contribution in [3.63, 3.8) is 0 Å². The first kappa shape index (κ1) is 20.8. The average Bonchev–Trinajstić information content (AvgIpc) is 3.28. The maximum absolute atomic E-state index is 13.8. The van der Waals surface area contributed by atoms with Gasteiger partial charge in [-0.1, -0.05) is 0 Å². The van der Waals surface area contributed by atoms with Gasteiger partial charge in [-0.25, -0.2) is 9.37 Å². The van der Waals surface area contributed by atoms with E-state index in [-0.39, 0.29) is 29.6 Å². The molecule has 1 unspecified atom stereocenters. The van der Waals surface area contributed by atoms with Crippen LogP contribution in [0.1, 0.15) is 28.8 Å². The van der Waals surface area contributed by atoms with Crippen LogP contribution in [0.4, 0.5) is 17.6 Å². The third-order valence-corrected chi connectivity index (χ3v) is 4.84. The highest BCUT2D eigenvalue weighted by Gasteiger charge is 2.31. The van der Waals surface area contributed by atoms with Crippen LogP contribution in [0.15, 0.2) is 48.9 Å². The van der Waals surface area contributed by atoms with Crippen LogP contribution in [-0.4, -0.2) is 50.0 Å². The fourth-order valence-electron chi connectivity index (χ4n) is 3.37. The Bertz CT molecular complexity index is 1050. The number of carbonyl (C=O) groups excluding carboxylic acids is 1. The first-order valence-corrected chi connectivity index (χ1v) is 9.46. The van der Waals surface area contributed by atoms with Crippen LogP contribution in [-0.2, 0) is 6.18 Å². The monoisotopic (exact) mass is 435 g/mol. The first-order chi connectivity index (χ1) is 14.8. The second kappa shape index (κ2) is 8.32. The lowest BCUT2D eigenvalue weighted by molar-refractivity contribution is -0.137. The summed E-state index contributed by atoms with van der Waals surface area (Å²) in [7, 11) is 0.